The number of benzene rings is 4. The number of aryl methyl sites for hydroxylation is 6. The van der Waals surface area contributed by atoms with Crippen molar-refractivity contribution in [2.75, 3.05) is 66.5 Å². The largest absolute Gasteiger partial charge is 0.478 e. The number of hydrogen-bond donors (Lipinski definition) is 6. The van der Waals surface area contributed by atoms with E-state index in [9.17, 15) is 47.7 Å². The predicted molar refractivity (Wildman–Crippen MR) is 413 cm³/mol. The monoisotopic (exact) mass is 1600 g/mol. The fraction of sp³-hybridized carbons (Fsp3) is 0.230. The van der Waals surface area contributed by atoms with Crippen LogP contribution in [0.3, 0.4) is 0 Å². The van der Waals surface area contributed by atoms with Gasteiger partial charge in [-0.2, -0.15) is 20.4 Å². The lowest BCUT2D eigenvalue weighted by molar-refractivity contribution is -0.149. The van der Waals surface area contributed by atoms with Gasteiger partial charge in [0.15, 0.2) is 21.9 Å². The maximum Gasteiger partial charge on any atom is 0.478 e. The lowest BCUT2D eigenvalue weighted by Crippen LogP contribution is -2.34. The Morgan fingerprint density at radius 2 is 0.761 bits per heavy atom. The molecule has 8 heterocycles. The van der Waals surface area contributed by atoms with Crippen molar-refractivity contribution in [2.45, 2.75) is 61.7 Å². The fourth-order valence-corrected chi connectivity index (χ4v) is 12.4. The molecular formula is C74H77Cl2N20O16P. The summed E-state index contributed by atoms with van der Waals surface area (Å²) < 4.78 is 50.5. The van der Waals surface area contributed by atoms with Gasteiger partial charge in [0.05, 0.1) is 35.5 Å². The first-order valence-corrected chi connectivity index (χ1v) is 36.1. The number of rotatable bonds is 21. The second-order valence-corrected chi connectivity index (χ2v) is 26.7. The third-order valence-electron chi connectivity index (χ3n) is 17.0. The number of phosphoric acid groups is 1. The highest BCUT2D eigenvalue weighted by atomic mass is 35.5. The summed E-state index contributed by atoms with van der Waals surface area (Å²) in [7, 11) is 4.53. The number of fused-ring (bicyclic) bond motifs is 4. The summed E-state index contributed by atoms with van der Waals surface area (Å²) in [4.78, 5) is 127. The van der Waals surface area contributed by atoms with E-state index < -0.39 is 51.4 Å². The summed E-state index contributed by atoms with van der Waals surface area (Å²) in [6, 6.07) is 27.7. The van der Waals surface area contributed by atoms with Gasteiger partial charge in [0.2, 0.25) is 13.6 Å². The lowest BCUT2D eigenvalue weighted by atomic mass is 10.1. The molecule has 4 aromatic carbocycles. The normalized spacial score (nSPS) is 10.9. The quantitative estimate of drug-likeness (QED) is 0.0221. The molecule has 0 aliphatic rings. The maximum atomic E-state index is 13.5. The number of carbonyl (C=O) groups is 9. The van der Waals surface area contributed by atoms with E-state index in [0.29, 0.717) is 88.8 Å². The van der Waals surface area contributed by atoms with Crippen LogP contribution >= 0.6 is 31.0 Å². The molecule has 36 nitrogen and oxygen atoms in total. The molecule has 8 aromatic heterocycles. The highest BCUT2D eigenvalue weighted by Crippen LogP contribution is 2.51. The molecule has 6 N–H and O–H groups in total. The minimum atomic E-state index is -4.21. The lowest BCUT2D eigenvalue weighted by Gasteiger charge is -2.20. The van der Waals surface area contributed by atoms with Crippen molar-refractivity contribution >= 4 is 130 Å². The fourth-order valence-electron chi connectivity index (χ4n) is 10.8. The first kappa shape index (κ1) is 83.9. The molecule has 0 unspecified atom stereocenters. The van der Waals surface area contributed by atoms with Crippen molar-refractivity contribution in [1.82, 2.24) is 89.5 Å². The number of halogens is 2. The van der Waals surface area contributed by atoms with Gasteiger partial charge in [-0.25, -0.2) is 66.5 Å². The molecular weight excluding hydrogens is 1530 g/mol. The van der Waals surface area contributed by atoms with Crippen molar-refractivity contribution in [3.8, 4) is 0 Å². The van der Waals surface area contributed by atoms with Crippen LogP contribution in [0.2, 0.25) is 10.3 Å². The molecule has 0 radical (unpaired) electrons. The summed E-state index contributed by atoms with van der Waals surface area (Å²) in [5.74, 6) is -1.89. The Morgan fingerprint density at radius 1 is 0.434 bits per heavy atom. The molecule has 0 atom stereocenters. The van der Waals surface area contributed by atoms with Gasteiger partial charge in [-0.3, -0.25) is 42.6 Å². The Morgan fingerprint density at radius 3 is 1.10 bits per heavy atom. The first-order chi connectivity index (χ1) is 54.0. The highest BCUT2D eigenvalue weighted by molar-refractivity contribution is 7.48. The number of hydrogen-bond acceptors (Lipinski definition) is 26. The van der Waals surface area contributed by atoms with Gasteiger partial charge in [0.1, 0.15) is 47.4 Å². The Bertz CT molecular complexity index is 5480. The van der Waals surface area contributed by atoms with E-state index in [2.05, 4.69) is 77.0 Å². The van der Waals surface area contributed by atoms with E-state index in [-0.39, 0.29) is 48.0 Å². The number of esters is 1. The molecule has 588 valence electrons. The standard InChI is InChI=1S/C34H35N6O8P.C22H24N6O6.2C9H9ClN4O/c1-23-15-16-27(17-29(23)38-31-30-24(2)28(32(41)35-3)18-40(30)37-21-36-31)33(42)39(4)34(43)45-22-48-49(44,46-19-25-11-7-5-8-12-25)47-20-26-13-9-6-10-14-26;1-12-6-7-15(21(31)27(5)22(32)34-11-33-14(3)29)8-17(12)26-19-18-13(2)16(20(30)23-4)9-28(18)25-10-24-19;2*1-5-6(9(15)11-2)3-14-7(5)8(10)12-4-13-14/h5-18,21H,19-20,22H2,1-4H3,(H,35,41)(H,36,37,38);6-10H,11H2,1-5H3,(H,23,30)(H,24,25,26);2*3-4H,1-2H3,(H,11,15). The van der Waals surface area contributed by atoms with Gasteiger partial charge in [0, 0.05) is 96.5 Å². The number of nitrogens with one attached hydrogen (secondary N) is 6. The number of anilines is 4. The van der Waals surface area contributed by atoms with Crippen LogP contribution in [0.5, 0.6) is 0 Å². The van der Waals surface area contributed by atoms with Crippen LogP contribution in [-0.4, -0.2) is 178 Å². The molecule has 12 aromatic rings. The molecule has 0 saturated heterocycles. The molecule has 0 saturated carbocycles. The number of imide groups is 2. The van der Waals surface area contributed by atoms with Crippen LogP contribution < -0.4 is 31.9 Å². The topological polar surface area (TPSA) is 426 Å². The number of nitrogens with zero attached hydrogens (tertiary/aromatic N) is 14. The minimum absolute atomic E-state index is 0.0805. The zero-order valence-corrected chi connectivity index (χ0v) is 65.6. The number of aromatic nitrogens is 12. The van der Waals surface area contributed by atoms with Gasteiger partial charge in [0.25, 0.3) is 35.4 Å². The van der Waals surface area contributed by atoms with Gasteiger partial charge in [-0.05, 0) is 110 Å². The first-order valence-electron chi connectivity index (χ1n) is 33.9. The van der Waals surface area contributed by atoms with E-state index in [1.54, 1.807) is 170 Å². The van der Waals surface area contributed by atoms with Crippen LogP contribution in [0.1, 0.15) is 114 Å². The van der Waals surface area contributed by atoms with Crippen molar-refractivity contribution in [2.24, 2.45) is 0 Å². The minimum Gasteiger partial charge on any atom is -0.428 e. The number of ether oxygens (including phenoxy) is 3. The Hall–Kier alpha value is -13.1. The van der Waals surface area contributed by atoms with Crippen LogP contribution in [0.4, 0.5) is 32.6 Å². The third-order valence-corrected chi connectivity index (χ3v) is 18.9. The zero-order chi connectivity index (χ0) is 82.0. The predicted octanol–water partition coefficient (Wildman–Crippen LogP) is 10.5. The Balaban J connectivity index is 0.000000195. The molecule has 0 aliphatic carbocycles. The van der Waals surface area contributed by atoms with Gasteiger partial charge >= 0.3 is 26.0 Å². The van der Waals surface area contributed by atoms with Crippen molar-refractivity contribution < 1.29 is 75.5 Å². The average molecular weight is 1600 g/mol. The van der Waals surface area contributed by atoms with Crippen molar-refractivity contribution in [3.63, 3.8) is 0 Å². The molecule has 0 aliphatic heterocycles. The summed E-state index contributed by atoms with van der Waals surface area (Å²) in [5, 5.41) is 33.8. The molecule has 0 spiro atoms. The van der Waals surface area contributed by atoms with Gasteiger partial charge < -0.3 is 46.1 Å². The number of phosphoric ester groups is 1. The second-order valence-electron chi connectivity index (χ2n) is 24.3. The zero-order valence-electron chi connectivity index (χ0n) is 63.2. The molecule has 12 rings (SSSR count). The van der Waals surface area contributed by atoms with E-state index in [0.717, 1.165) is 43.2 Å². The van der Waals surface area contributed by atoms with E-state index in [1.165, 1.54) is 46.3 Å². The molecule has 0 bridgehead atoms. The summed E-state index contributed by atoms with van der Waals surface area (Å²) in [6.07, 6.45) is 9.86. The van der Waals surface area contributed by atoms with Crippen molar-refractivity contribution in [3.05, 3.63) is 235 Å². The summed E-state index contributed by atoms with van der Waals surface area (Å²) >= 11 is 11.8. The van der Waals surface area contributed by atoms with Crippen LogP contribution in [0.25, 0.3) is 22.1 Å². The molecule has 113 heavy (non-hydrogen) atoms. The van der Waals surface area contributed by atoms with E-state index in [1.807, 2.05) is 39.8 Å². The average Bonchev–Trinajstić information content (AvgIpc) is 1.66. The number of amides is 8. The summed E-state index contributed by atoms with van der Waals surface area (Å²) in [5.41, 5.74) is 11.9. The van der Waals surface area contributed by atoms with Gasteiger partial charge in [-0.1, -0.05) is 96.0 Å². The number of carbonyl (C=O) groups excluding carboxylic acids is 9. The Labute approximate surface area is 655 Å². The van der Waals surface area contributed by atoms with Gasteiger partial charge in [-0.15, -0.1) is 0 Å². The summed E-state index contributed by atoms with van der Waals surface area (Å²) in [6.45, 7) is 10.5. The van der Waals surface area contributed by atoms with Crippen molar-refractivity contribution in [1.29, 1.82) is 0 Å². The Kier molecular flexibility index (Phi) is 28.2. The molecule has 0 fully saturated rings. The maximum absolute atomic E-state index is 13.5. The smallest absolute Gasteiger partial charge is 0.428 e. The van der Waals surface area contributed by atoms with Crippen LogP contribution in [-0.2, 0) is 50.4 Å². The second kappa shape index (κ2) is 38.0. The van der Waals surface area contributed by atoms with E-state index >= 15 is 0 Å². The van der Waals surface area contributed by atoms with E-state index in [4.69, 9.17) is 46.2 Å². The molecule has 8 amide bonds. The van der Waals surface area contributed by atoms with Crippen LogP contribution in [0, 0.1) is 41.5 Å². The molecule has 39 heteroatoms. The van der Waals surface area contributed by atoms with Crippen LogP contribution in [0.15, 0.2) is 147 Å². The SMILES string of the molecule is CNC(=O)c1cn2ncnc(Cl)c2c1C.CNC(=O)c1cn2ncnc(Cl)c2c1C.CNC(=O)c1cn2ncnc(Nc3cc(C(=O)N(C)C(=O)OCOC(C)=O)ccc3C)c2c1C.CNC(=O)c1cn2ncnc(Nc3cc(C(=O)N(C)C(=O)OCOP(=O)(OCc4ccccc4)OCc4ccccc4)ccc3C)c2c1C. The third kappa shape index (κ3) is 20.3. The highest BCUT2D eigenvalue weighted by Gasteiger charge is 2.31.